The van der Waals surface area contributed by atoms with Gasteiger partial charge in [-0.1, -0.05) is 19.9 Å². The maximum Gasteiger partial charge on any atom is 0.280 e. The van der Waals surface area contributed by atoms with Crippen molar-refractivity contribution in [2.24, 2.45) is 0 Å². The minimum atomic E-state index is -0.104. The summed E-state index contributed by atoms with van der Waals surface area (Å²) in [4.78, 5) is 20.9. The number of amides is 1. The highest BCUT2D eigenvalue weighted by Crippen LogP contribution is 2.17. The third-order valence-electron chi connectivity index (χ3n) is 3.30. The topological polar surface area (TPSA) is 54.9 Å². The van der Waals surface area contributed by atoms with Crippen LogP contribution < -0.4 is 5.32 Å². The molecular weight excluding hydrogens is 282 g/mol. The van der Waals surface area contributed by atoms with Crippen molar-refractivity contribution in [2.75, 3.05) is 0 Å². The Morgan fingerprint density at radius 2 is 2.14 bits per heavy atom. The maximum atomic E-state index is 12.2. The molecule has 2 aromatic rings. The van der Waals surface area contributed by atoms with Gasteiger partial charge in [0, 0.05) is 29.7 Å². The lowest BCUT2D eigenvalue weighted by Gasteiger charge is -2.13. The highest BCUT2D eigenvalue weighted by molar-refractivity contribution is 7.11. The van der Waals surface area contributed by atoms with Crippen LogP contribution in [0.5, 0.6) is 0 Å². The van der Waals surface area contributed by atoms with Crippen LogP contribution in [-0.4, -0.2) is 21.9 Å². The molecule has 1 amide bonds. The summed E-state index contributed by atoms with van der Waals surface area (Å²) in [5.41, 5.74) is 3.14. The average Bonchev–Trinajstić information content (AvgIpc) is 2.91. The molecule has 0 aromatic carbocycles. The predicted molar refractivity (Wildman–Crippen MR) is 85.8 cm³/mol. The molecule has 0 fully saturated rings. The molecular formula is C16H21N3OS. The number of aryl methyl sites for hydroxylation is 1. The first-order chi connectivity index (χ1) is 9.97. The van der Waals surface area contributed by atoms with Gasteiger partial charge in [0.2, 0.25) is 0 Å². The third-order valence-corrected chi connectivity index (χ3v) is 4.16. The lowest BCUT2D eigenvalue weighted by Crippen LogP contribution is -2.34. The molecule has 112 valence electrons. The number of hydrogen-bond acceptors (Lipinski definition) is 4. The van der Waals surface area contributed by atoms with E-state index in [1.807, 2.05) is 31.4 Å². The van der Waals surface area contributed by atoms with E-state index in [-0.39, 0.29) is 11.9 Å². The van der Waals surface area contributed by atoms with Crippen LogP contribution >= 0.6 is 11.3 Å². The number of hydrogen-bond donors (Lipinski definition) is 1. The first-order valence-corrected chi connectivity index (χ1v) is 8.02. The summed E-state index contributed by atoms with van der Waals surface area (Å²) in [5, 5.41) is 5.48. The van der Waals surface area contributed by atoms with Gasteiger partial charge in [-0.3, -0.25) is 9.78 Å². The van der Waals surface area contributed by atoms with Crippen LogP contribution in [0.2, 0.25) is 0 Å². The van der Waals surface area contributed by atoms with Crippen molar-refractivity contribution in [3.8, 4) is 0 Å². The van der Waals surface area contributed by atoms with E-state index in [9.17, 15) is 4.79 Å². The van der Waals surface area contributed by atoms with E-state index in [2.05, 4.69) is 29.1 Å². The minimum Gasteiger partial charge on any atom is -0.347 e. The Morgan fingerprint density at radius 1 is 1.38 bits per heavy atom. The van der Waals surface area contributed by atoms with Crippen molar-refractivity contribution in [1.29, 1.82) is 0 Å². The number of rotatable bonds is 5. The van der Waals surface area contributed by atoms with E-state index in [1.54, 1.807) is 6.20 Å². The number of nitrogens with zero attached hydrogens (tertiary/aromatic N) is 2. The summed E-state index contributed by atoms with van der Waals surface area (Å²) in [6.07, 6.45) is 2.51. The Labute approximate surface area is 129 Å². The fourth-order valence-corrected chi connectivity index (χ4v) is 2.90. The minimum absolute atomic E-state index is 0.0255. The van der Waals surface area contributed by atoms with Gasteiger partial charge < -0.3 is 5.32 Å². The van der Waals surface area contributed by atoms with Gasteiger partial charge in [0.15, 0.2) is 5.01 Å². The zero-order valence-corrected chi connectivity index (χ0v) is 13.7. The SMILES string of the molecule is Cc1cccnc1C[C@@H](C)NC(=O)c1nc(C(C)C)cs1. The van der Waals surface area contributed by atoms with Gasteiger partial charge in [-0.05, 0) is 31.4 Å². The molecule has 2 rings (SSSR count). The van der Waals surface area contributed by atoms with Gasteiger partial charge in [0.25, 0.3) is 5.91 Å². The molecule has 0 saturated heterocycles. The van der Waals surface area contributed by atoms with Gasteiger partial charge in [-0.25, -0.2) is 4.98 Å². The number of thiazole rings is 1. The van der Waals surface area contributed by atoms with Crippen LogP contribution in [0.15, 0.2) is 23.7 Å². The molecule has 0 spiro atoms. The number of aromatic nitrogens is 2. The molecule has 0 unspecified atom stereocenters. The summed E-state index contributed by atoms with van der Waals surface area (Å²) in [6, 6.07) is 3.98. The second-order valence-electron chi connectivity index (χ2n) is 5.58. The second kappa shape index (κ2) is 6.80. The van der Waals surface area contributed by atoms with Gasteiger partial charge >= 0.3 is 0 Å². The monoisotopic (exact) mass is 303 g/mol. The molecule has 0 aliphatic carbocycles. The smallest absolute Gasteiger partial charge is 0.280 e. The number of carbonyl (C=O) groups excluding carboxylic acids is 1. The zero-order valence-electron chi connectivity index (χ0n) is 12.9. The Bertz CT molecular complexity index is 621. The summed E-state index contributed by atoms with van der Waals surface area (Å²) >= 11 is 1.40. The molecule has 0 aliphatic heterocycles. The Hall–Kier alpha value is -1.75. The third kappa shape index (κ3) is 4.11. The van der Waals surface area contributed by atoms with E-state index in [0.29, 0.717) is 10.9 Å². The fourth-order valence-electron chi connectivity index (χ4n) is 2.01. The van der Waals surface area contributed by atoms with Gasteiger partial charge in [0.1, 0.15) is 0 Å². The Kier molecular flexibility index (Phi) is 5.07. The first kappa shape index (κ1) is 15.6. The van der Waals surface area contributed by atoms with E-state index in [4.69, 9.17) is 0 Å². The number of pyridine rings is 1. The summed E-state index contributed by atoms with van der Waals surface area (Å²) in [5.74, 6) is 0.240. The maximum absolute atomic E-state index is 12.2. The highest BCUT2D eigenvalue weighted by Gasteiger charge is 2.16. The van der Waals surface area contributed by atoms with Crippen LogP contribution in [-0.2, 0) is 6.42 Å². The van der Waals surface area contributed by atoms with E-state index >= 15 is 0 Å². The van der Waals surface area contributed by atoms with Crippen molar-refractivity contribution in [1.82, 2.24) is 15.3 Å². The lowest BCUT2D eigenvalue weighted by molar-refractivity contribution is 0.0939. The number of carbonyl (C=O) groups is 1. The molecule has 21 heavy (non-hydrogen) atoms. The Morgan fingerprint density at radius 3 is 2.76 bits per heavy atom. The van der Waals surface area contributed by atoms with Gasteiger partial charge in [-0.2, -0.15) is 0 Å². The van der Waals surface area contributed by atoms with Crippen LogP contribution in [0.4, 0.5) is 0 Å². The molecule has 0 radical (unpaired) electrons. The zero-order chi connectivity index (χ0) is 15.4. The number of nitrogens with one attached hydrogen (secondary N) is 1. The van der Waals surface area contributed by atoms with Gasteiger partial charge in [0.05, 0.1) is 5.69 Å². The fraction of sp³-hybridized carbons (Fsp3) is 0.438. The molecule has 0 bridgehead atoms. The van der Waals surface area contributed by atoms with Crippen molar-refractivity contribution in [2.45, 2.75) is 46.1 Å². The molecule has 4 nitrogen and oxygen atoms in total. The van der Waals surface area contributed by atoms with Crippen LogP contribution in [0, 0.1) is 6.92 Å². The van der Waals surface area contributed by atoms with Crippen LogP contribution in [0.3, 0.4) is 0 Å². The molecule has 1 N–H and O–H groups in total. The van der Waals surface area contributed by atoms with Crippen LogP contribution in [0.25, 0.3) is 0 Å². The largest absolute Gasteiger partial charge is 0.347 e. The van der Waals surface area contributed by atoms with Crippen molar-refractivity contribution in [3.05, 3.63) is 45.7 Å². The molecule has 0 saturated carbocycles. The molecule has 5 heteroatoms. The Balaban J connectivity index is 1.97. The molecule has 0 aliphatic rings. The van der Waals surface area contributed by atoms with E-state index in [0.717, 1.165) is 23.4 Å². The predicted octanol–water partition coefficient (Wildman–Crippen LogP) is 3.33. The standard InChI is InChI=1S/C16H21N3OS/c1-10(2)14-9-21-16(19-14)15(20)18-12(4)8-13-11(3)6-5-7-17-13/h5-7,9-10,12H,8H2,1-4H3,(H,18,20)/t12-/m1/s1. The van der Waals surface area contributed by atoms with Crippen molar-refractivity contribution >= 4 is 17.2 Å². The first-order valence-electron chi connectivity index (χ1n) is 7.14. The van der Waals surface area contributed by atoms with Gasteiger partial charge in [-0.15, -0.1) is 11.3 Å². The summed E-state index contributed by atoms with van der Waals surface area (Å²) in [7, 11) is 0. The highest BCUT2D eigenvalue weighted by atomic mass is 32.1. The molecule has 2 aromatic heterocycles. The average molecular weight is 303 g/mol. The summed E-state index contributed by atoms with van der Waals surface area (Å²) < 4.78 is 0. The van der Waals surface area contributed by atoms with Crippen LogP contribution in [0.1, 0.15) is 53.4 Å². The van der Waals surface area contributed by atoms with E-state index in [1.165, 1.54) is 11.3 Å². The summed E-state index contributed by atoms with van der Waals surface area (Å²) in [6.45, 7) is 8.17. The molecule has 1 atom stereocenters. The lowest BCUT2D eigenvalue weighted by atomic mass is 10.1. The normalized spacial score (nSPS) is 12.4. The second-order valence-corrected chi connectivity index (χ2v) is 6.44. The quantitative estimate of drug-likeness (QED) is 0.921. The van der Waals surface area contributed by atoms with Crippen molar-refractivity contribution < 1.29 is 4.79 Å². The molecule has 2 heterocycles. The van der Waals surface area contributed by atoms with Crippen molar-refractivity contribution in [3.63, 3.8) is 0 Å². The van der Waals surface area contributed by atoms with E-state index < -0.39 is 0 Å².